The molecule has 3 heteroatoms. The van der Waals surface area contributed by atoms with Crippen LogP contribution in [0.5, 0.6) is 5.75 Å². The van der Waals surface area contributed by atoms with E-state index in [1.54, 1.807) is 0 Å². The van der Waals surface area contributed by atoms with E-state index in [1.807, 2.05) is 25.1 Å². The molecule has 0 fully saturated rings. The van der Waals surface area contributed by atoms with Crippen molar-refractivity contribution in [3.05, 3.63) is 53.0 Å². The van der Waals surface area contributed by atoms with Crippen LogP contribution in [0.4, 0.5) is 0 Å². The smallest absolute Gasteiger partial charge is 0.146 e. The first kappa shape index (κ1) is 14.7. The van der Waals surface area contributed by atoms with Gasteiger partial charge in [0.25, 0.3) is 0 Å². The molecule has 0 aliphatic rings. The summed E-state index contributed by atoms with van der Waals surface area (Å²) >= 11 is 0. The van der Waals surface area contributed by atoms with Crippen molar-refractivity contribution in [2.75, 3.05) is 6.54 Å². The summed E-state index contributed by atoms with van der Waals surface area (Å²) in [5.41, 5.74) is 2.41. The Bertz CT molecular complexity index is 546. The van der Waals surface area contributed by atoms with Crippen LogP contribution < -0.4 is 10.1 Å². The van der Waals surface area contributed by atoms with Crippen LogP contribution in [0.1, 0.15) is 36.0 Å². The van der Waals surface area contributed by atoms with E-state index < -0.39 is 0 Å². The second-order valence-corrected chi connectivity index (χ2v) is 5.08. The van der Waals surface area contributed by atoms with Gasteiger partial charge in [-0.25, -0.2) is 0 Å². The van der Waals surface area contributed by atoms with E-state index in [4.69, 9.17) is 9.15 Å². The Labute approximate surface area is 121 Å². The maximum absolute atomic E-state index is 5.75. The van der Waals surface area contributed by atoms with E-state index in [1.165, 1.54) is 11.1 Å². The van der Waals surface area contributed by atoms with Crippen LogP contribution in [0.15, 0.2) is 34.7 Å². The molecule has 20 heavy (non-hydrogen) atoms. The zero-order chi connectivity index (χ0) is 14.4. The monoisotopic (exact) mass is 273 g/mol. The number of hydrogen-bond donors (Lipinski definition) is 1. The van der Waals surface area contributed by atoms with E-state index in [2.05, 4.69) is 31.3 Å². The van der Waals surface area contributed by atoms with Crippen molar-refractivity contribution in [3.63, 3.8) is 0 Å². The minimum absolute atomic E-state index is 0.470. The predicted molar refractivity (Wildman–Crippen MR) is 81.0 cm³/mol. The lowest BCUT2D eigenvalue weighted by molar-refractivity contribution is 0.267. The summed E-state index contributed by atoms with van der Waals surface area (Å²) < 4.78 is 11.5. The van der Waals surface area contributed by atoms with Crippen LogP contribution >= 0.6 is 0 Å². The molecule has 1 aromatic carbocycles. The number of nitrogens with one attached hydrogen (secondary N) is 1. The molecule has 0 aliphatic carbocycles. The van der Waals surface area contributed by atoms with Crippen LogP contribution in [-0.2, 0) is 13.2 Å². The molecule has 0 bridgehead atoms. The zero-order valence-electron chi connectivity index (χ0n) is 12.5. The largest absolute Gasteiger partial charge is 0.486 e. The summed E-state index contributed by atoms with van der Waals surface area (Å²) in [6, 6.07) is 10.1. The average Bonchev–Trinajstić information content (AvgIpc) is 2.78. The molecule has 1 heterocycles. The van der Waals surface area contributed by atoms with Gasteiger partial charge >= 0.3 is 0 Å². The Morgan fingerprint density at radius 1 is 1.20 bits per heavy atom. The molecule has 108 valence electrons. The third-order valence-corrected chi connectivity index (χ3v) is 3.18. The quantitative estimate of drug-likeness (QED) is 0.775. The topological polar surface area (TPSA) is 34.4 Å². The third-order valence-electron chi connectivity index (χ3n) is 3.18. The molecule has 0 aliphatic heterocycles. The molecular weight excluding hydrogens is 250 g/mol. The molecule has 1 aromatic heterocycles. The zero-order valence-corrected chi connectivity index (χ0v) is 12.5. The molecule has 0 radical (unpaired) electrons. The van der Waals surface area contributed by atoms with Gasteiger partial charge in [0, 0.05) is 12.1 Å². The summed E-state index contributed by atoms with van der Waals surface area (Å²) in [5.74, 6) is 2.72. The number of furan rings is 1. The fraction of sp³-hybridized carbons (Fsp3) is 0.412. The maximum Gasteiger partial charge on any atom is 0.146 e. The maximum atomic E-state index is 5.75. The van der Waals surface area contributed by atoms with Gasteiger partial charge in [-0.05, 0) is 50.6 Å². The van der Waals surface area contributed by atoms with E-state index in [0.29, 0.717) is 6.61 Å². The van der Waals surface area contributed by atoms with E-state index >= 15 is 0 Å². The number of benzene rings is 1. The molecule has 1 N–H and O–H groups in total. The fourth-order valence-corrected chi connectivity index (χ4v) is 2.09. The average molecular weight is 273 g/mol. The van der Waals surface area contributed by atoms with Crippen LogP contribution in [0, 0.1) is 13.8 Å². The second-order valence-electron chi connectivity index (χ2n) is 5.08. The fourth-order valence-electron chi connectivity index (χ4n) is 2.09. The van der Waals surface area contributed by atoms with Gasteiger partial charge < -0.3 is 14.5 Å². The van der Waals surface area contributed by atoms with Crippen LogP contribution in [0.25, 0.3) is 0 Å². The highest BCUT2D eigenvalue weighted by molar-refractivity contribution is 5.28. The molecule has 0 unspecified atom stereocenters. The van der Waals surface area contributed by atoms with Crippen molar-refractivity contribution < 1.29 is 9.15 Å². The minimum Gasteiger partial charge on any atom is -0.486 e. The van der Waals surface area contributed by atoms with Crippen molar-refractivity contribution in [2.45, 2.75) is 40.3 Å². The van der Waals surface area contributed by atoms with Crippen molar-refractivity contribution in [2.24, 2.45) is 0 Å². The molecule has 0 spiro atoms. The van der Waals surface area contributed by atoms with Crippen LogP contribution in [-0.4, -0.2) is 6.54 Å². The molecule has 3 nitrogen and oxygen atoms in total. The van der Waals surface area contributed by atoms with Gasteiger partial charge in [0.2, 0.25) is 0 Å². The highest BCUT2D eigenvalue weighted by Crippen LogP contribution is 2.18. The Morgan fingerprint density at radius 3 is 2.80 bits per heavy atom. The summed E-state index contributed by atoms with van der Waals surface area (Å²) in [6.07, 6.45) is 1.14. The molecule has 0 atom stereocenters. The predicted octanol–water partition coefficient (Wildman–Crippen LogP) is 3.98. The highest BCUT2D eigenvalue weighted by atomic mass is 16.5. The van der Waals surface area contributed by atoms with Crippen molar-refractivity contribution >= 4 is 0 Å². The lowest BCUT2D eigenvalue weighted by Gasteiger charge is -2.04. The Morgan fingerprint density at radius 2 is 2.05 bits per heavy atom. The Kier molecular flexibility index (Phi) is 5.24. The van der Waals surface area contributed by atoms with E-state index in [9.17, 15) is 0 Å². The highest BCUT2D eigenvalue weighted by Gasteiger charge is 2.07. The molecule has 2 rings (SSSR count). The summed E-state index contributed by atoms with van der Waals surface area (Å²) in [6.45, 7) is 8.57. The third kappa shape index (κ3) is 4.14. The van der Waals surface area contributed by atoms with Gasteiger partial charge in [-0.15, -0.1) is 0 Å². The molecule has 0 saturated carbocycles. The summed E-state index contributed by atoms with van der Waals surface area (Å²) in [4.78, 5) is 0. The second kappa shape index (κ2) is 7.15. The van der Waals surface area contributed by atoms with Gasteiger partial charge in [-0.1, -0.05) is 19.1 Å². The molecule has 2 aromatic rings. The minimum atomic E-state index is 0.470. The first-order chi connectivity index (χ1) is 9.69. The lowest BCUT2D eigenvalue weighted by atomic mass is 10.2. The molecular formula is C17H23NO2. The summed E-state index contributed by atoms with van der Waals surface area (Å²) in [7, 11) is 0. The first-order valence-corrected chi connectivity index (χ1v) is 7.17. The number of ether oxygens (including phenoxy) is 1. The van der Waals surface area contributed by atoms with Crippen molar-refractivity contribution in [1.29, 1.82) is 0 Å². The number of rotatable bonds is 7. The van der Waals surface area contributed by atoms with Gasteiger partial charge in [-0.3, -0.25) is 0 Å². The lowest BCUT2D eigenvalue weighted by Crippen LogP contribution is -2.13. The number of aryl methyl sites for hydroxylation is 2. The van der Waals surface area contributed by atoms with E-state index in [-0.39, 0.29) is 0 Å². The van der Waals surface area contributed by atoms with Crippen molar-refractivity contribution in [1.82, 2.24) is 5.32 Å². The number of hydrogen-bond acceptors (Lipinski definition) is 3. The van der Waals surface area contributed by atoms with E-state index in [0.717, 1.165) is 36.8 Å². The molecule has 0 saturated heterocycles. The Hall–Kier alpha value is -1.74. The normalized spacial score (nSPS) is 10.8. The summed E-state index contributed by atoms with van der Waals surface area (Å²) in [5, 5.41) is 3.39. The standard InChI is InChI=1S/C17H23NO2/c1-4-8-18-11-15-10-17(20-14(15)3)12-19-16-7-5-6-13(2)9-16/h5-7,9-10,18H,4,8,11-12H2,1-3H3. The Balaban J connectivity index is 1.91. The van der Waals surface area contributed by atoms with Gasteiger partial charge in [0.1, 0.15) is 23.9 Å². The van der Waals surface area contributed by atoms with Crippen LogP contribution in [0.2, 0.25) is 0 Å². The van der Waals surface area contributed by atoms with Gasteiger partial charge in [0.05, 0.1) is 0 Å². The molecule has 0 amide bonds. The van der Waals surface area contributed by atoms with Crippen molar-refractivity contribution in [3.8, 4) is 5.75 Å². The SMILES string of the molecule is CCCNCc1cc(COc2cccc(C)c2)oc1C. The van der Waals surface area contributed by atoms with Crippen LogP contribution in [0.3, 0.4) is 0 Å². The first-order valence-electron chi connectivity index (χ1n) is 7.17. The van der Waals surface area contributed by atoms with Gasteiger partial charge in [0.15, 0.2) is 0 Å². The van der Waals surface area contributed by atoms with Gasteiger partial charge in [-0.2, -0.15) is 0 Å².